The molecule has 1 fully saturated rings. The molecule has 2 heterocycles. The van der Waals surface area contributed by atoms with Crippen LogP contribution in [0.4, 0.5) is 0 Å². The molecule has 4 nitrogen and oxygen atoms in total. The van der Waals surface area contributed by atoms with Crippen LogP contribution >= 0.6 is 0 Å². The molecule has 1 aromatic carbocycles. The van der Waals surface area contributed by atoms with Gasteiger partial charge in [-0.2, -0.15) is 0 Å². The van der Waals surface area contributed by atoms with Gasteiger partial charge in [0, 0.05) is 36.6 Å². The Morgan fingerprint density at radius 2 is 2.25 bits per heavy atom. The van der Waals surface area contributed by atoms with Gasteiger partial charge in [-0.25, -0.2) is 4.98 Å². The number of benzene rings is 1. The molecule has 2 N–H and O–H groups in total. The summed E-state index contributed by atoms with van der Waals surface area (Å²) in [6, 6.07) is 10.6. The first-order valence-electron chi connectivity index (χ1n) is 7.27. The number of rotatable bonds is 5. The van der Waals surface area contributed by atoms with Gasteiger partial charge in [-0.3, -0.25) is 0 Å². The standard InChI is InChI=1S/C16H21N3O/c1-12(15-8-5-9-20-15)17-10-14-11-18-16(19-14)13-6-3-2-4-7-13/h2-4,6-7,11-12,15,17H,5,8-10H2,1H3,(H,18,19)/t12-,15-/m1/s1. The van der Waals surface area contributed by atoms with Crippen LogP contribution in [-0.4, -0.2) is 28.7 Å². The maximum atomic E-state index is 5.69. The number of H-pyrrole nitrogens is 1. The second kappa shape index (κ2) is 6.20. The molecule has 1 aliphatic heterocycles. The molecule has 2 aromatic rings. The molecule has 3 rings (SSSR count). The van der Waals surface area contributed by atoms with E-state index in [4.69, 9.17) is 4.74 Å². The summed E-state index contributed by atoms with van der Waals surface area (Å²) < 4.78 is 5.69. The molecular weight excluding hydrogens is 250 g/mol. The van der Waals surface area contributed by atoms with E-state index in [0.717, 1.165) is 36.7 Å². The monoisotopic (exact) mass is 271 g/mol. The Kier molecular flexibility index (Phi) is 4.14. The molecule has 0 radical (unpaired) electrons. The quantitative estimate of drug-likeness (QED) is 0.879. The van der Waals surface area contributed by atoms with Crippen LogP contribution in [0.2, 0.25) is 0 Å². The zero-order chi connectivity index (χ0) is 13.8. The van der Waals surface area contributed by atoms with Crippen molar-refractivity contribution in [3.05, 3.63) is 42.2 Å². The fourth-order valence-electron chi connectivity index (χ4n) is 2.59. The third kappa shape index (κ3) is 3.08. The molecule has 1 saturated heterocycles. The number of aromatic nitrogens is 2. The van der Waals surface area contributed by atoms with Crippen molar-refractivity contribution in [2.45, 2.75) is 38.5 Å². The first kappa shape index (κ1) is 13.3. The van der Waals surface area contributed by atoms with Crippen molar-refractivity contribution in [1.82, 2.24) is 15.3 Å². The Balaban J connectivity index is 1.57. The van der Waals surface area contributed by atoms with Gasteiger partial charge < -0.3 is 15.0 Å². The average molecular weight is 271 g/mol. The van der Waals surface area contributed by atoms with Gasteiger partial charge in [0.15, 0.2) is 0 Å². The zero-order valence-corrected chi connectivity index (χ0v) is 11.8. The van der Waals surface area contributed by atoms with E-state index >= 15 is 0 Å². The van der Waals surface area contributed by atoms with Gasteiger partial charge in [-0.1, -0.05) is 30.3 Å². The van der Waals surface area contributed by atoms with Crippen LogP contribution in [0.5, 0.6) is 0 Å². The summed E-state index contributed by atoms with van der Waals surface area (Å²) in [6.07, 6.45) is 4.59. The Hall–Kier alpha value is -1.65. The molecule has 20 heavy (non-hydrogen) atoms. The number of nitrogens with zero attached hydrogens (tertiary/aromatic N) is 1. The van der Waals surface area contributed by atoms with Crippen molar-refractivity contribution in [3.8, 4) is 11.4 Å². The third-order valence-electron chi connectivity index (χ3n) is 3.81. The first-order chi connectivity index (χ1) is 9.83. The summed E-state index contributed by atoms with van der Waals surface area (Å²) in [5, 5.41) is 3.51. The van der Waals surface area contributed by atoms with Gasteiger partial charge in [0.25, 0.3) is 0 Å². The van der Waals surface area contributed by atoms with Crippen molar-refractivity contribution < 1.29 is 4.74 Å². The lowest BCUT2D eigenvalue weighted by Crippen LogP contribution is -2.36. The highest BCUT2D eigenvalue weighted by atomic mass is 16.5. The van der Waals surface area contributed by atoms with Crippen molar-refractivity contribution >= 4 is 0 Å². The molecule has 0 amide bonds. The Bertz CT molecular complexity index is 532. The van der Waals surface area contributed by atoms with Crippen LogP contribution in [-0.2, 0) is 11.3 Å². The van der Waals surface area contributed by atoms with Gasteiger partial charge in [0.2, 0.25) is 0 Å². The van der Waals surface area contributed by atoms with E-state index in [9.17, 15) is 0 Å². The van der Waals surface area contributed by atoms with Gasteiger partial charge in [0.1, 0.15) is 5.82 Å². The molecule has 106 valence electrons. The smallest absolute Gasteiger partial charge is 0.137 e. The van der Waals surface area contributed by atoms with Crippen LogP contribution in [0.3, 0.4) is 0 Å². The normalized spacial score (nSPS) is 20.1. The average Bonchev–Trinajstić information content (AvgIpc) is 3.17. The highest BCUT2D eigenvalue weighted by Crippen LogP contribution is 2.17. The Morgan fingerprint density at radius 3 is 3.00 bits per heavy atom. The highest BCUT2D eigenvalue weighted by Gasteiger charge is 2.21. The number of imidazole rings is 1. The SMILES string of the molecule is C[C@@H](NCc1cnc(-c2ccccc2)[nH]1)[C@H]1CCCO1. The van der Waals surface area contributed by atoms with Gasteiger partial charge in [-0.15, -0.1) is 0 Å². The van der Waals surface area contributed by atoms with E-state index < -0.39 is 0 Å². The number of nitrogens with one attached hydrogen (secondary N) is 2. The second-order valence-electron chi connectivity index (χ2n) is 5.34. The molecule has 0 spiro atoms. The maximum Gasteiger partial charge on any atom is 0.137 e. The van der Waals surface area contributed by atoms with Gasteiger partial charge in [0.05, 0.1) is 6.10 Å². The predicted molar refractivity (Wildman–Crippen MR) is 79.3 cm³/mol. The van der Waals surface area contributed by atoms with E-state index in [2.05, 4.69) is 34.3 Å². The molecule has 4 heteroatoms. The minimum absolute atomic E-state index is 0.353. The molecule has 1 aliphatic rings. The summed E-state index contributed by atoms with van der Waals surface area (Å²) in [7, 11) is 0. The lowest BCUT2D eigenvalue weighted by Gasteiger charge is -2.19. The van der Waals surface area contributed by atoms with E-state index in [1.54, 1.807) is 0 Å². The van der Waals surface area contributed by atoms with Gasteiger partial charge in [-0.05, 0) is 19.8 Å². The number of ether oxygens (including phenoxy) is 1. The summed E-state index contributed by atoms with van der Waals surface area (Å²) in [6.45, 7) is 3.88. The summed E-state index contributed by atoms with van der Waals surface area (Å²) in [4.78, 5) is 7.80. The lowest BCUT2D eigenvalue weighted by atomic mass is 10.1. The van der Waals surface area contributed by atoms with Crippen molar-refractivity contribution in [2.24, 2.45) is 0 Å². The third-order valence-corrected chi connectivity index (χ3v) is 3.81. The van der Waals surface area contributed by atoms with Crippen LogP contribution in [0, 0.1) is 0 Å². The van der Waals surface area contributed by atoms with E-state index in [0.29, 0.717) is 12.1 Å². The largest absolute Gasteiger partial charge is 0.377 e. The minimum atomic E-state index is 0.353. The number of aromatic amines is 1. The summed E-state index contributed by atoms with van der Waals surface area (Å²) in [5.74, 6) is 0.923. The van der Waals surface area contributed by atoms with E-state index in [-0.39, 0.29) is 0 Å². The van der Waals surface area contributed by atoms with E-state index in [1.165, 1.54) is 6.42 Å². The second-order valence-corrected chi connectivity index (χ2v) is 5.34. The van der Waals surface area contributed by atoms with Gasteiger partial charge >= 0.3 is 0 Å². The molecule has 0 bridgehead atoms. The van der Waals surface area contributed by atoms with Crippen LogP contribution in [0.15, 0.2) is 36.5 Å². The summed E-state index contributed by atoms with van der Waals surface area (Å²) in [5.41, 5.74) is 2.22. The van der Waals surface area contributed by atoms with Crippen LogP contribution in [0.25, 0.3) is 11.4 Å². The predicted octanol–water partition coefficient (Wildman–Crippen LogP) is 2.73. The molecule has 2 atom stereocenters. The first-order valence-corrected chi connectivity index (χ1v) is 7.27. The molecule has 0 saturated carbocycles. The number of hydrogen-bond donors (Lipinski definition) is 2. The van der Waals surface area contributed by atoms with E-state index in [1.807, 2.05) is 24.4 Å². The molecule has 0 aliphatic carbocycles. The Morgan fingerprint density at radius 1 is 1.40 bits per heavy atom. The maximum absolute atomic E-state index is 5.69. The fourth-order valence-corrected chi connectivity index (χ4v) is 2.59. The van der Waals surface area contributed by atoms with Crippen LogP contribution < -0.4 is 5.32 Å². The molecule has 0 unspecified atom stereocenters. The Labute approximate surface area is 119 Å². The lowest BCUT2D eigenvalue weighted by molar-refractivity contribution is 0.0831. The summed E-state index contributed by atoms with van der Waals surface area (Å²) >= 11 is 0. The minimum Gasteiger partial charge on any atom is -0.377 e. The number of hydrogen-bond acceptors (Lipinski definition) is 3. The molecular formula is C16H21N3O. The fraction of sp³-hybridized carbons (Fsp3) is 0.438. The van der Waals surface area contributed by atoms with Crippen molar-refractivity contribution in [1.29, 1.82) is 0 Å². The van der Waals surface area contributed by atoms with Crippen molar-refractivity contribution in [2.75, 3.05) is 6.61 Å². The van der Waals surface area contributed by atoms with Crippen LogP contribution in [0.1, 0.15) is 25.5 Å². The zero-order valence-electron chi connectivity index (χ0n) is 11.8. The molecule has 1 aromatic heterocycles. The highest BCUT2D eigenvalue weighted by molar-refractivity contribution is 5.54. The van der Waals surface area contributed by atoms with Crippen molar-refractivity contribution in [3.63, 3.8) is 0 Å². The topological polar surface area (TPSA) is 49.9 Å².